The Kier molecular flexibility index (Phi) is 6.09. The van der Waals surface area contributed by atoms with Crippen LogP contribution in [0.1, 0.15) is 84.0 Å². The third kappa shape index (κ3) is 6.37. The highest BCUT2D eigenvalue weighted by molar-refractivity contribution is 5.37. The van der Waals surface area contributed by atoms with Crippen LogP contribution in [0, 0.1) is 10.8 Å². The maximum absolute atomic E-state index is 10.2. The molecule has 122 valence electrons. The zero-order valence-corrected chi connectivity index (χ0v) is 13.6. The predicted molar refractivity (Wildman–Crippen MR) is 84.0 cm³/mol. The van der Waals surface area contributed by atoms with Gasteiger partial charge in [-0.05, 0) is 56.8 Å². The number of carbonyl (C=O) groups excluding carboxylic acids is 1. The molecule has 0 spiro atoms. The molecule has 2 aliphatic carbocycles. The topological polar surface area (TPSA) is 46.5 Å². The summed E-state index contributed by atoms with van der Waals surface area (Å²) >= 11 is 0. The van der Waals surface area contributed by atoms with Crippen LogP contribution in [0.4, 0.5) is 0 Å². The van der Waals surface area contributed by atoms with E-state index in [4.69, 9.17) is 4.74 Å². The fraction of sp³-hybridized carbons (Fsp3) is 0.944. The number of hydrogen-bond acceptors (Lipinski definition) is 3. The summed E-state index contributed by atoms with van der Waals surface area (Å²) in [6.45, 7) is 3.54. The van der Waals surface area contributed by atoms with E-state index in [2.05, 4.69) is 6.92 Å². The zero-order valence-electron chi connectivity index (χ0n) is 13.6. The SMILES string of the molecule is CC1(CCCCC(O)CCCCC2(COC=O)CC2)CC1. The van der Waals surface area contributed by atoms with Crippen molar-refractivity contribution in [3.05, 3.63) is 0 Å². The Morgan fingerprint density at radius 1 is 1.05 bits per heavy atom. The second-order valence-corrected chi connectivity index (χ2v) is 7.86. The summed E-state index contributed by atoms with van der Waals surface area (Å²) < 4.78 is 4.91. The number of aliphatic hydroxyl groups is 1. The quantitative estimate of drug-likeness (QED) is 0.409. The van der Waals surface area contributed by atoms with E-state index in [1.165, 1.54) is 44.9 Å². The lowest BCUT2D eigenvalue weighted by molar-refractivity contribution is -0.130. The highest BCUT2D eigenvalue weighted by atomic mass is 16.5. The van der Waals surface area contributed by atoms with Crippen molar-refractivity contribution in [2.75, 3.05) is 6.61 Å². The Morgan fingerprint density at radius 3 is 2.19 bits per heavy atom. The standard InChI is InChI=1S/C18H32O3/c1-17(10-11-17)8-4-2-6-16(20)7-3-5-9-18(12-13-18)14-21-15-19/h15-16,20H,2-14H2,1H3. The number of rotatable bonds is 13. The second-order valence-electron chi connectivity index (χ2n) is 7.86. The van der Waals surface area contributed by atoms with Crippen LogP contribution in [0.25, 0.3) is 0 Å². The Balaban J connectivity index is 1.42. The monoisotopic (exact) mass is 296 g/mol. The van der Waals surface area contributed by atoms with Crippen molar-refractivity contribution in [3.8, 4) is 0 Å². The summed E-state index contributed by atoms with van der Waals surface area (Å²) in [6.07, 6.45) is 14.2. The predicted octanol–water partition coefficient (Wildman–Crippen LogP) is 4.22. The molecule has 0 heterocycles. The minimum atomic E-state index is -0.113. The van der Waals surface area contributed by atoms with Gasteiger partial charge in [0.1, 0.15) is 0 Å². The minimum absolute atomic E-state index is 0.113. The van der Waals surface area contributed by atoms with Crippen LogP contribution in [-0.4, -0.2) is 24.3 Å². The van der Waals surface area contributed by atoms with Gasteiger partial charge >= 0.3 is 0 Å². The molecule has 2 saturated carbocycles. The third-order valence-electron chi connectivity index (χ3n) is 5.58. The van der Waals surface area contributed by atoms with E-state index in [1.54, 1.807) is 0 Å². The van der Waals surface area contributed by atoms with Gasteiger partial charge in [-0.15, -0.1) is 0 Å². The van der Waals surface area contributed by atoms with Gasteiger partial charge in [-0.25, -0.2) is 0 Å². The molecule has 1 atom stereocenters. The maximum atomic E-state index is 10.2. The number of ether oxygens (including phenoxy) is 1. The molecule has 2 fully saturated rings. The Hall–Kier alpha value is -0.570. The van der Waals surface area contributed by atoms with Gasteiger partial charge in [-0.1, -0.05) is 32.6 Å². The number of hydrogen-bond donors (Lipinski definition) is 1. The molecule has 21 heavy (non-hydrogen) atoms. The van der Waals surface area contributed by atoms with Crippen molar-refractivity contribution in [3.63, 3.8) is 0 Å². The lowest BCUT2D eigenvalue weighted by Gasteiger charge is -2.15. The average Bonchev–Trinajstić information content (AvgIpc) is 3.38. The van der Waals surface area contributed by atoms with Crippen LogP contribution in [0.2, 0.25) is 0 Å². The molecule has 3 nitrogen and oxygen atoms in total. The molecule has 1 N–H and O–H groups in total. The first-order valence-corrected chi connectivity index (χ1v) is 8.81. The zero-order chi connectivity index (χ0) is 15.2. The van der Waals surface area contributed by atoms with Crippen molar-refractivity contribution >= 4 is 6.47 Å². The summed E-state index contributed by atoms with van der Waals surface area (Å²) in [7, 11) is 0. The van der Waals surface area contributed by atoms with Gasteiger partial charge in [0.25, 0.3) is 6.47 Å². The highest BCUT2D eigenvalue weighted by Crippen LogP contribution is 2.50. The van der Waals surface area contributed by atoms with E-state index in [0.717, 1.165) is 32.1 Å². The molecule has 0 amide bonds. The Labute approximate surface area is 129 Å². The first kappa shape index (κ1) is 16.8. The van der Waals surface area contributed by atoms with Gasteiger partial charge < -0.3 is 9.84 Å². The first-order chi connectivity index (χ1) is 10.1. The van der Waals surface area contributed by atoms with E-state index in [0.29, 0.717) is 23.9 Å². The van der Waals surface area contributed by atoms with Crippen molar-refractivity contribution in [2.45, 2.75) is 90.1 Å². The number of aliphatic hydroxyl groups excluding tert-OH is 1. The molecule has 2 rings (SSSR count). The van der Waals surface area contributed by atoms with Crippen LogP contribution in [0.3, 0.4) is 0 Å². The van der Waals surface area contributed by atoms with Crippen molar-refractivity contribution in [1.29, 1.82) is 0 Å². The number of unbranched alkanes of at least 4 members (excludes halogenated alkanes) is 2. The summed E-state index contributed by atoms with van der Waals surface area (Å²) in [5, 5.41) is 10.0. The van der Waals surface area contributed by atoms with Gasteiger partial charge in [-0.2, -0.15) is 0 Å². The molecular formula is C18H32O3. The van der Waals surface area contributed by atoms with Crippen molar-refractivity contribution in [2.24, 2.45) is 10.8 Å². The lowest BCUT2D eigenvalue weighted by Crippen LogP contribution is -2.11. The minimum Gasteiger partial charge on any atom is -0.467 e. The van der Waals surface area contributed by atoms with Gasteiger partial charge in [0.15, 0.2) is 0 Å². The van der Waals surface area contributed by atoms with Crippen LogP contribution in [-0.2, 0) is 9.53 Å². The lowest BCUT2D eigenvalue weighted by atomic mass is 9.96. The fourth-order valence-corrected chi connectivity index (χ4v) is 3.27. The van der Waals surface area contributed by atoms with Gasteiger partial charge in [0.05, 0.1) is 12.7 Å². The van der Waals surface area contributed by atoms with Crippen LogP contribution in [0.5, 0.6) is 0 Å². The smallest absolute Gasteiger partial charge is 0.293 e. The Bertz CT molecular complexity index is 318. The van der Waals surface area contributed by atoms with Gasteiger partial charge in [-0.3, -0.25) is 4.79 Å². The summed E-state index contributed by atoms with van der Waals surface area (Å²) in [5.74, 6) is 0. The molecular weight excluding hydrogens is 264 g/mol. The molecule has 0 bridgehead atoms. The van der Waals surface area contributed by atoms with E-state index >= 15 is 0 Å². The molecule has 0 saturated heterocycles. The molecule has 0 aromatic carbocycles. The molecule has 0 aliphatic heterocycles. The second kappa shape index (κ2) is 7.62. The average molecular weight is 296 g/mol. The molecule has 3 heteroatoms. The van der Waals surface area contributed by atoms with Gasteiger partial charge in [0, 0.05) is 5.41 Å². The molecule has 0 aromatic heterocycles. The van der Waals surface area contributed by atoms with E-state index < -0.39 is 0 Å². The fourth-order valence-electron chi connectivity index (χ4n) is 3.27. The van der Waals surface area contributed by atoms with Crippen molar-refractivity contribution < 1.29 is 14.6 Å². The normalized spacial score (nSPS) is 22.6. The van der Waals surface area contributed by atoms with Crippen molar-refractivity contribution in [1.82, 2.24) is 0 Å². The third-order valence-corrected chi connectivity index (χ3v) is 5.58. The first-order valence-electron chi connectivity index (χ1n) is 8.81. The van der Waals surface area contributed by atoms with E-state index in [9.17, 15) is 9.90 Å². The highest BCUT2D eigenvalue weighted by Gasteiger charge is 2.42. The molecule has 1 unspecified atom stereocenters. The largest absolute Gasteiger partial charge is 0.467 e. The van der Waals surface area contributed by atoms with Crippen LogP contribution >= 0.6 is 0 Å². The maximum Gasteiger partial charge on any atom is 0.293 e. The number of carbonyl (C=O) groups is 1. The van der Waals surface area contributed by atoms with E-state index in [1.807, 2.05) is 0 Å². The van der Waals surface area contributed by atoms with Crippen LogP contribution in [0.15, 0.2) is 0 Å². The summed E-state index contributed by atoms with van der Waals surface area (Å²) in [5.41, 5.74) is 0.957. The van der Waals surface area contributed by atoms with E-state index in [-0.39, 0.29) is 6.10 Å². The molecule has 0 aromatic rings. The molecule has 0 radical (unpaired) electrons. The molecule has 2 aliphatic rings. The summed E-state index contributed by atoms with van der Waals surface area (Å²) in [6, 6.07) is 0. The van der Waals surface area contributed by atoms with Crippen LogP contribution < -0.4 is 0 Å². The van der Waals surface area contributed by atoms with Gasteiger partial charge in [0.2, 0.25) is 0 Å². The summed E-state index contributed by atoms with van der Waals surface area (Å²) in [4.78, 5) is 10.2. The Morgan fingerprint density at radius 2 is 1.67 bits per heavy atom.